The van der Waals surface area contributed by atoms with E-state index in [0.29, 0.717) is 0 Å². The minimum Gasteiger partial charge on any atom is -0.378 e. The number of hydrogen-bond donors (Lipinski definition) is 1. The van der Waals surface area contributed by atoms with Crippen LogP contribution in [0.3, 0.4) is 0 Å². The first-order valence-corrected chi connectivity index (χ1v) is 9.31. The summed E-state index contributed by atoms with van der Waals surface area (Å²) in [6.45, 7) is 12.7. The second-order valence-corrected chi connectivity index (χ2v) is 7.63. The minimum atomic E-state index is 0.286. The number of ether oxygens (including phenoxy) is 1. The monoisotopic (exact) mass is 349 g/mol. The molecule has 3 rings (SSSR count). The third-order valence-corrected chi connectivity index (χ3v) is 5.80. The Labute approximate surface area is 147 Å². The maximum Gasteiger partial charge on any atom is 0.131 e. The fraction of sp³-hybridized carbons (Fsp3) is 0.647. The van der Waals surface area contributed by atoms with E-state index in [9.17, 15) is 0 Å². The molecule has 0 aromatic carbocycles. The highest BCUT2D eigenvalue weighted by molar-refractivity contribution is 7.11. The van der Waals surface area contributed by atoms with Gasteiger partial charge in [-0.05, 0) is 27.7 Å². The Morgan fingerprint density at radius 3 is 2.54 bits per heavy atom. The van der Waals surface area contributed by atoms with Gasteiger partial charge in [0.25, 0.3) is 0 Å². The largest absolute Gasteiger partial charge is 0.378 e. The number of rotatable bonds is 5. The van der Waals surface area contributed by atoms with Crippen LogP contribution in [0.5, 0.6) is 0 Å². The molecule has 3 heterocycles. The summed E-state index contributed by atoms with van der Waals surface area (Å²) >= 11 is 1.78. The molecule has 0 spiro atoms. The van der Waals surface area contributed by atoms with Gasteiger partial charge >= 0.3 is 0 Å². The van der Waals surface area contributed by atoms with Gasteiger partial charge in [0.2, 0.25) is 0 Å². The second kappa shape index (κ2) is 7.21. The Kier molecular flexibility index (Phi) is 5.22. The van der Waals surface area contributed by atoms with Gasteiger partial charge in [-0.1, -0.05) is 0 Å². The van der Waals surface area contributed by atoms with Crippen molar-refractivity contribution in [1.29, 1.82) is 0 Å². The molecule has 1 N–H and O–H groups in total. The molecule has 6 nitrogen and oxygen atoms in total. The minimum absolute atomic E-state index is 0.286. The maximum atomic E-state index is 5.49. The van der Waals surface area contributed by atoms with Crippen molar-refractivity contribution in [3.63, 3.8) is 0 Å². The first-order valence-electron chi connectivity index (χ1n) is 8.50. The number of aromatic nitrogens is 3. The molecule has 2 aromatic heterocycles. The Morgan fingerprint density at radius 1 is 1.21 bits per heavy atom. The molecule has 1 aliphatic heterocycles. The van der Waals surface area contributed by atoms with Crippen LogP contribution in [0.1, 0.15) is 39.8 Å². The van der Waals surface area contributed by atoms with Gasteiger partial charge in [-0.2, -0.15) is 5.10 Å². The maximum absolute atomic E-state index is 5.49. The molecule has 24 heavy (non-hydrogen) atoms. The average molecular weight is 350 g/mol. The van der Waals surface area contributed by atoms with Crippen LogP contribution in [0.25, 0.3) is 0 Å². The third kappa shape index (κ3) is 3.48. The lowest BCUT2D eigenvalue weighted by Crippen LogP contribution is -2.38. The van der Waals surface area contributed by atoms with Crippen molar-refractivity contribution in [2.24, 2.45) is 7.05 Å². The van der Waals surface area contributed by atoms with Crippen molar-refractivity contribution in [2.45, 2.75) is 40.3 Å². The fourth-order valence-corrected chi connectivity index (χ4v) is 4.32. The number of aryl methyl sites for hydroxylation is 4. The summed E-state index contributed by atoms with van der Waals surface area (Å²) in [7, 11) is 2.03. The van der Waals surface area contributed by atoms with Crippen LogP contribution in [-0.2, 0) is 18.3 Å². The molecule has 132 valence electrons. The predicted octanol–water partition coefficient (Wildman–Crippen LogP) is 2.49. The van der Waals surface area contributed by atoms with Gasteiger partial charge in [-0.25, -0.2) is 4.98 Å². The first kappa shape index (κ1) is 17.4. The zero-order valence-corrected chi connectivity index (χ0v) is 16.0. The van der Waals surface area contributed by atoms with Crippen molar-refractivity contribution in [3.05, 3.63) is 26.8 Å². The smallest absolute Gasteiger partial charge is 0.131 e. The fourth-order valence-electron chi connectivity index (χ4n) is 3.36. The zero-order chi connectivity index (χ0) is 17.3. The second-order valence-electron chi connectivity index (χ2n) is 6.40. The van der Waals surface area contributed by atoms with Gasteiger partial charge in [0.1, 0.15) is 5.82 Å². The molecular formula is C17H27N5OS. The van der Waals surface area contributed by atoms with E-state index in [1.807, 2.05) is 11.7 Å². The van der Waals surface area contributed by atoms with E-state index >= 15 is 0 Å². The quantitative estimate of drug-likeness (QED) is 0.899. The molecular weight excluding hydrogens is 322 g/mol. The van der Waals surface area contributed by atoms with Gasteiger partial charge < -0.3 is 15.0 Å². The third-order valence-electron chi connectivity index (χ3n) is 4.54. The molecule has 0 aliphatic carbocycles. The van der Waals surface area contributed by atoms with E-state index in [1.165, 1.54) is 16.3 Å². The number of anilines is 1. The van der Waals surface area contributed by atoms with Gasteiger partial charge in [0.05, 0.1) is 29.6 Å². The lowest BCUT2D eigenvalue weighted by atomic mass is 10.2. The van der Waals surface area contributed by atoms with Gasteiger partial charge in [-0.3, -0.25) is 4.68 Å². The molecule has 2 aromatic rings. The molecule has 7 heteroatoms. The highest BCUT2D eigenvalue weighted by Crippen LogP contribution is 2.27. The molecule has 1 fully saturated rings. The number of nitrogens with one attached hydrogen (secondary N) is 1. The summed E-state index contributed by atoms with van der Waals surface area (Å²) in [5.74, 6) is 1.22. The normalized spacial score (nSPS) is 16.6. The topological polar surface area (TPSA) is 55.2 Å². The first-order chi connectivity index (χ1) is 11.5. The summed E-state index contributed by atoms with van der Waals surface area (Å²) in [6, 6.07) is 0.286. The number of morpholine rings is 1. The standard InChI is InChI=1S/C17H27N5OS/c1-11-15(10-18-12(2)16-13(3)19-14(4)24-16)17(21(5)20-11)22-6-8-23-9-7-22/h12,18H,6-10H2,1-5H3/t12-/m1/s1. The summed E-state index contributed by atoms with van der Waals surface area (Å²) < 4.78 is 7.49. The molecule has 0 unspecified atom stereocenters. The predicted molar refractivity (Wildman–Crippen MR) is 97.8 cm³/mol. The highest BCUT2D eigenvalue weighted by Gasteiger charge is 2.22. The van der Waals surface area contributed by atoms with Gasteiger partial charge in [0.15, 0.2) is 0 Å². The summed E-state index contributed by atoms with van der Waals surface area (Å²) in [6.07, 6.45) is 0. The Bertz CT molecular complexity index is 702. The van der Waals surface area contributed by atoms with Crippen LogP contribution in [0.4, 0.5) is 5.82 Å². The van der Waals surface area contributed by atoms with Crippen molar-refractivity contribution in [2.75, 3.05) is 31.2 Å². The van der Waals surface area contributed by atoms with Crippen LogP contribution in [0, 0.1) is 20.8 Å². The number of hydrogen-bond acceptors (Lipinski definition) is 6. The lowest BCUT2D eigenvalue weighted by molar-refractivity contribution is 0.122. The molecule has 1 aliphatic rings. The molecule has 0 bridgehead atoms. The number of thiazole rings is 1. The highest BCUT2D eigenvalue weighted by atomic mass is 32.1. The van der Waals surface area contributed by atoms with Gasteiger partial charge in [-0.15, -0.1) is 11.3 Å². The summed E-state index contributed by atoms with van der Waals surface area (Å²) in [5.41, 5.74) is 3.51. The van der Waals surface area contributed by atoms with Crippen LogP contribution in [0.15, 0.2) is 0 Å². The summed E-state index contributed by atoms with van der Waals surface area (Å²) in [5, 5.41) is 9.43. The Balaban J connectivity index is 1.76. The van der Waals surface area contributed by atoms with E-state index in [1.54, 1.807) is 11.3 Å². The van der Waals surface area contributed by atoms with Gasteiger partial charge in [0, 0.05) is 43.2 Å². The SMILES string of the molecule is Cc1nc(C)c([C@@H](C)NCc2c(C)nn(C)c2N2CCOCC2)s1. The Hall–Kier alpha value is -1.44. The van der Waals surface area contributed by atoms with Crippen molar-refractivity contribution >= 4 is 17.2 Å². The van der Waals surface area contributed by atoms with E-state index in [0.717, 1.165) is 49.2 Å². The van der Waals surface area contributed by atoms with Crippen molar-refractivity contribution < 1.29 is 4.74 Å². The molecule has 1 saturated heterocycles. The average Bonchev–Trinajstić information content (AvgIpc) is 3.03. The molecule has 0 amide bonds. The summed E-state index contributed by atoms with van der Waals surface area (Å²) in [4.78, 5) is 8.24. The lowest BCUT2D eigenvalue weighted by Gasteiger charge is -2.29. The Morgan fingerprint density at radius 2 is 1.92 bits per heavy atom. The van der Waals surface area contributed by atoms with Crippen molar-refractivity contribution in [1.82, 2.24) is 20.1 Å². The zero-order valence-electron chi connectivity index (χ0n) is 15.2. The van der Waals surface area contributed by atoms with E-state index < -0.39 is 0 Å². The number of nitrogens with zero attached hydrogens (tertiary/aromatic N) is 4. The molecule has 1 atom stereocenters. The molecule has 0 radical (unpaired) electrons. The van der Waals surface area contributed by atoms with Crippen LogP contribution in [0.2, 0.25) is 0 Å². The van der Waals surface area contributed by atoms with Crippen LogP contribution in [-0.4, -0.2) is 41.1 Å². The van der Waals surface area contributed by atoms with E-state index in [-0.39, 0.29) is 6.04 Å². The van der Waals surface area contributed by atoms with Crippen molar-refractivity contribution in [3.8, 4) is 0 Å². The van der Waals surface area contributed by atoms with Crippen LogP contribution < -0.4 is 10.2 Å². The van der Waals surface area contributed by atoms with E-state index in [2.05, 4.69) is 48.0 Å². The molecule has 0 saturated carbocycles. The van der Waals surface area contributed by atoms with Crippen LogP contribution >= 0.6 is 11.3 Å². The van der Waals surface area contributed by atoms with E-state index in [4.69, 9.17) is 4.74 Å².